The molecule has 10 heteroatoms. The Hall–Kier alpha value is -3.53. The molecule has 0 spiro atoms. The highest BCUT2D eigenvalue weighted by atomic mass is 19.3. The van der Waals surface area contributed by atoms with E-state index in [2.05, 4.69) is 20.0 Å². The van der Waals surface area contributed by atoms with E-state index in [1.807, 2.05) is 0 Å². The summed E-state index contributed by atoms with van der Waals surface area (Å²) in [6.45, 7) is -2.85. The van der Waals surface area contributed by atoms with Crippen LogP contribution in [-0.4, -0.2) is 21.8 Å². The van der Waals surface area contributed by atoms with Gasteiger partial charge in [-0.3, -0.25) is 15.3 Å². The molecule has 2 heterocycles. The number of alkyl halides is 2. The first-order valence-electron chi connectivity index (χ1n) is 8.51. The quantitative estimate of drug-likeness (QED) is 0.491. The molecule has 0 bridgehead atoms. The SMILES string of the molecule is Nc1ncccc1NCc1cc(N(O)Cc2ccc(OC(F)F)cn2)ccc1F. The van der Waals surface area contributed by atoms with Crippen molar-refractivity contribution in [1.82, 2.24) is 9.97 Å². The normalized spacial score (nSPS) is 10.8. The molecule has 3 rings (SSSR count). The number of nitrogens with two attached hydrogens (primary N) is 1. The summed E-state index contributed by atoms with van der Waals surface area (Å²) in [7, 11) is 0. The van der Waals surface area contributed by atoms with Crippen LogP contribution >= 0.6 is 0 Å². The molecule has 0 radical (unpaired) electrons. The molecule has 0 aliphatic carbocycles. The highest BCUT2D eigenvalue weighted by molar-refractivity contribution is 5.61. The largest absolute Gasteiger partial charge is 0.433 e. The van der Waals surface area contributed by atoms with Crippen LogP contribution in [0.15, 0.2) is 54.9 Å². The Labute approximate surface area is 164 Å². The lowest BCUT2D eigenvalue weighted by atomic mass is 10.1. The summed E-state index contributed by atoms with van der Waals surface area (Å²) in [5.41, 5.74) is 7.35. The van der Waals surface area contributed by atoms with Gasteiger partial charge in [0.05, 0.1) is 29.8 Å². The zero-order valence-corrected chi connectivity index (χ0v) is 15.1. The lowest BCUT2D eigenvalue weighted by Gasteiger charge is -2.18. The van der Waals surface area contributed by atoms with E-state index in [0.29, 0.717) is 22.6 Å². The minimum atomic E-state index is -2.94. The van der Waals surface area contributed by atoms with Gasteiger partial charge in [-0.25, -0.2) is 9.37 Å². The number of nitrogens with one attached hydrogen (secondary N) is 1. The van der Waals surface area contributed by atoms with Gasteiger partial charge in [0.25, 0.3) is 0 Å². The number of aromatic nitrogens is 2. The summed E-state index contributed by atoms with van der Waals surface area (Å²) in [5, 5.41) is 14.2. The van der Waals surface area contributed by atoms with Crippen molar-refractivity contribution in [2.45, 2.75) is 19.7 Å². The van der Waals surface area contributed by atoms with Gasteiger partial charge in [-0.15, -0.1) is 0 Å². The molecule has 29 heavy (non-hydrogen) atoms. The van der Waals surface area contributed by atoms with Crippen LogP contribution < -0.4 is 20.9 Å². The molecule has 0 aliphatic heterocycles. The van der Waals surface area contributed by atoms with Gasteiger partial charge in [0, 0.05) is 18.3 Å². The van der Waals surface area contributed by atoms with Crippen molar-refractivity contribution >= 4 is 17.2 Å². The van der Waals surface area contributed by atoms with Gasteiger partial charge < -0.3 is 15.8 Å². The van der Waals surface area contributed by atoms with Gasteiger partial charge in [0.2, 0.25) is 0 Å². The van der Waals surface area contributed by atoms with Crippen LogP contribution in [0.25, 0.3) is 0 Å². The second kappa shape index (κ2) is 9.11. The standard InChI is InChI=1S/C19H18F3N5O2/c20-16-6-4-14(8-12(16)9-26-17-2-1-7-24-18(17)23)27(28)11-13-3-5-15(10-25-13)29-19(21)22/h1-8,10,19,26,28H,9,11H2,(H2,23,24). The topological polar surface area (TPSA) is 96.5 Å². The number of halogens is 3. The maximum atomic E-state index is 14.1. The second-order valence-corrected chi connectivity index (χ2v) is 5.99. The Morgan fingerprint density at radius 3 is 2.69 bits per heavy atom. The summed E-state index contributed by atoms with van der Waals surface area (Å²) >= 11 is 0. The maximum absolute atomic E-state index is 14.1. The van der Waals surface area contributed by atoms with E-state index in [9.17, 15) is 18.4 Å². The number of hydroxylamine groups is 1. The smallest absolute Gasteiger partial charge is 0.387 e. The maximum Gasteiger partial charge on any atom is 0.387 e. The number of nitrogens with zero attached hydrogens (tertiary/aromatic N) is 3. The molecule has 0 amide bonds. The Bertz CT molecular complexity index is 957. The average molecular weight is 405 g/mol. The highest BCUT2D eigenvalue weighted by Gasteiger charge is 2.11. The number of hydrogen-bond acceptors (Lipinski definition) is 7. The first-order chi connectivity index (χ1) is 13.9. The molecule has 1 aromatic carbocycles. The van der Waals surface area contributed by atoms with Crippen molar-refractivity contribution in [2.24, 2.45) is 0 Å². The number of rotatable bonds is 8. The molecule has 0 saturated heterocycles. The minimum Gasteiger partial charge on any atom is -0.433 e. The van der Waals surface area contributed by atoms with Crippen molar-refractivity contribution in [2.75, 3.05) is 16.1 Å². The van der Waals surface area contributed by atoms with Crippen molar-refractivity contribution in [1.29, 1.82) is 0 Å². The van der Waals surface area contributed by atoms with E-state index >= 15 is 0 Å². The van der Waals surface area contributed by atoms with E-state index in [1.165, 1.54) is 30.3 Å². The molecular weight excluding hydrogens is 387 g/mol. The van der Waals surface area contributed by atoms with Gasteiger partial charge in [0.15, 0.2) is 0 Å². The number of anilines is 3. The number of pyridine rings is 2. The van der Waals surface area contributed by atoms with Crippen LogP contribution in [-0.2, 0) is 13.1 Å². The van der Waals surface area contributed by atoms with Crippen LogP contribution in [0.5, 0.6) is 5.75 Å². The molecule has 3 aromatic rings. The summed E-state index contributed by atoms with van der Waals surface area (Å²) in [4.78, 5) is 7.90. The summed E-state index contributed by atoms with van der Waals surface area (Å²) in [6.07, 6.45) is 2.68. The first kappa shape index (κ1) is 20.2. The third-order valence-electron chi connectivity index (χ3n) is 3.97. The molecule has 2 aromatic heterocycles. The second-order valence-electron chi connectivity index (χ2n) is 5.99. The molecule has 0 atom stereocenters. The lowest BCUT2D eigenvalue weighted by Crippen LogP contribution is -2.18. The first-order valence-corrected chi connectivity index (χ1v) is 8.51. The molecule has 0 saturated carbocycles. The van der Waals surface area contributed by atoms with Crippen LogP contribution in [0, 0.1) is 5.82 Å². The fourth-order valence-corrected chi connectivity index (χ4v) is 2.54. The molecular formula is C19H18F3N5O2. The van der Waals surface area contributed by atoms with Crippen molar-refractivity contribution in [3.05, 3.63) is 71.9 Å². The Kier molecular flexibility index (Phi) is 6.35. The van der Waals surface area contributed by atoms with E-state index < -0.39 is 12.4 Å². The fourth-order valence-electron chi connectivity index (χ4n) is 2.54. The van der Waals surface area contributed by atoms with Gasteiger partial charge in [0.1, 0.15) is 17.4 Å². The lowest BCUT2D eigenvalue weighted by molar-refractivity contribution is -0.0501. The average Bonchev–Trinajstić information content (AvgIpc) is 2.69. The van der Waals surface area contributed by atoms with Crippen LogP contribution in [0.3, 0.4) is 0 Å². The minimum absolute atomic E-state index is 0.0387. The Morgan fingerprint density at radius 2 is 2.00 bits per heavy atom. The number of benzene rings is 1. The number of nitrogen functional groups attached to an aromatic ring is 1. The zero-order chi connectivity index (χ0) is 20.8. The van der Waals surface area contributed by atoms with Gasteiger partial charge in [-0.2, -0.15) is 8.78 Å². The Morgan fingerprint density at radius 1 is 1.17 bits per heavy atom. The van der Waals surface area contributed by atoms with Crippen LogP contribution in [0.1, 0.15) is 11.3 Å². The van der Waals surface area contributed by atoms with E-state index in [1.54, 1.807) is 18.3 Å². The van der Waals surface area contributed by atoms with E-state index in [-0.39, 0.29) is 24.7 Å². The number of ether oxygens (including phenoxy) is 1. The van der Waals surface area contributed by atoms with E-state index in [0.717, 1.165) is 11.3 Å². The van der Waals surface area contributed by atoms with Crippen molar-refractivity contribution in [3.8, 4) is 5.75 Å². The van der Waals surface area contributed by atoms with Crippen molar-refractivity contribution < 1.29 is 23.1 Å². The Balaban J connectivity index is 1.67. The predicted molar refractivity (Wildman–Crippen MR) is 101 cm³/mol. The molecule has 7 nitrogen and oxygen atoms in total. The molecule has 0 unspecified atom stereocenters. The molecule has 0 fully saturated rings. The van der Waals surface area contributed by atoms with Gasteiger partial charge in [-0.1, -0.05) is 0 Å². The summed E-state index contributed by atoms with van der Waals surface area (Å²) < 4.78 is 42.7. The third kappa shape index (κ3) is 5.48. The van der Waals surface area contributed by atoms with Crippen molar-refractivity contribution in [3.63, 3.8) is 0 Å². The number of hydrogen-bond donors (Lipinski definition) is 3. The molecule has 4 N–H and O–H groups in total. The monoisotopic (exact) mass is 405 g/mol. The fraction of sp³-hybridized carbons (Fsp3) is 0.158. The molecule has 0 aliphatic rings. The third-order valence-corrected chi connectivity index (χ3v) is 3.97. The highest BCUT2D eigenvalue weighted by Crippen LogP contribution is 2.22. The summed E-state index contributed by atoms with van der Waals surface area (Å²) in [6, 6.07) is 10.3. The van der Waals surface area contributed by atoms with Crippen LogP contribution in [0.2, 0.25) is 0 Å². The van der Waals surface area contributed by atoms with E-state index in [4.69, 9.17) is 5.73 Å². The molecule has 152 valence electrons. The van der Waals surface area contributed by atoms with Gasteiger partial charge in [-0.05, 0) is 42.5 Å². The summed E-state index contributed by atoms with van der Waals surface area (Å²) in [5.74, 6) is -0.250. The zero-order valence-electron chi connectivity index (χ0n) is 15.1. The predicted octanol–water partition coefficient (Wildman–Crippen LogP) is 3.81. The van der Waals surface area contributed by atoms with Gasteiger partial charge >= 0.3 is 6.61 Å². The van der Waals surface area contributed by atoms with Crippen LogP contribution in [0.4, 0.5) is 30.4 Å².